The van der Waals surface area contributed by atoms with Gasteiger partial charge in [-0.3, -0.25) is 0 Å². The highest BCUT2D eigenvalue weighted by atomic mass is 16.4. The molecule has 0 heterocycles. The maximum Gasteiger partial charge on any atom is 0.335 e. The highest BCUT2D eigenvalue weighted by Crippen LogP contribution is 2.37. The van der Waals surface area contributed by atoms with E-state index in [1.165, 1.54) is 0 Å². The molecule has 216 valence electrons. The molecule has 45 heavy (non-hydrogen) atoms. The Morgan fingerprint density at radius 3 is 1.29 bits per heavy atom. The molecule has 2 N–H and O–H groups in total. The van der Waals surface area contributed by atoms with Crippen molar-refractivity contribution in [2.45, 2.75) is 19.3 Å². The average Bonchev–Trinajstić information content (AvgIpc) is 3.05. The molecule has 0 aliphatic carbocycles. The average molecular weight is 585 g/mol. The maximum absolute atomic E-state index is 12.1. The quantitative estimate of drug-likeness (QED) is 0.204. The SMILES string of the molecule is CC(C)(c1cc(C(=O)O)ccc1C#Cc1ccc2ccccc2c1)c1cc(C(=O)O)ccc1C#Cc1ccc2ccccc2c1. The van der Waals surface area contributed by atoms with E-state index in [-0.39, 0.29) is 11.1 Å². The van der Waals surface area contributed by atoms with Crippen LogP contribution in [-0.4, -0.2) is 22.2 Å². The summed E-state index contributed by atoms with van der Waals surface area (Å²) in [7, 11) is 0. The zero-order valence-corrected chi connectivity index (χ0v) is 24.8. The van der Waals surface area contributed by atoms with Crippen LogP contribution >= 0.6 is 0 Å². The van der Waals surface area contributed by atoms with Crippen molar-refractivity contribution >= 4 is 33.5 Å². The van der Waals surface area contributed by atoms with Gasteiger partial charge in [0.2, 0.25) is 0 Å². The lowest BCUT2D eigenvalue weighted by molar-refractivity contribution is 0.0686. The summed E-state index contributed by atoms with van der Waals surface area (Å²) in [5.74, 6) is 10.9. The molecule has 0 spiro atoms. The number of carboxylic acids is 2. The molecular weight excluding hydrogens is 556 g/mol. The highest BCUT2D eigenvalue weighted by molar-refractivity contribution is 5.90. The fraction of sp³-hybridized carbons (Fsp3) is 0.0732. The molecular formula is C41H28O4. The van der Waals surface area contributed by atoms with Gasteiger partial charge in [0.05, 0.1) is 11.1 Å². The Morgan fingerprint density at radius 2 is 0.889 bits per heavy atom. The van der Waals surface area contributed by atoms with Crippen LogP contribution in [0.5, 0.6) is 0 Å². The summed E-state index contributed by atoms with van der Waals surface area (Å²) in [4.78, 5) is 24.1. The monoisotopic (exact) mass is 584 g/mol. The van der Waals surface area contributed by atoms with E-state index in [4.69, 9.17) is 0 Å². The number of aromatic carboxylic acids is 2. The lowest BCUT2D eigenvalue weighted by Gasteiger charge is -2.29. The van der Waals surface area contributed by atoms with Gasteiger partial charge >= 0.3 is 11.9 Å². The zero-order chi connectivity index (χ0) is 31.6. The normalized spacial score (nSPS) is 10.9. The van der Waals surface area contributed by atoms with Crippen molar-refractivity contribution in [2.75, 3.05) is 0 Å². The van der Waals surface area contributed by atoms with Crippen molar-refractivity contribution in [1.82, 2.24) is 0 Å². The summed E-state index contributed by atoms with van der Waals surface area (Å²) in [6.45, 7) is 3.88. The van der Waals surface area contributed by atoms with Crippen molar-refractivity contribution in [1.29, 1.82) is 0 Å². The molecule has 0 atom stereocenters. The van der Waals surface area contributed by atoms with Crippen LogP contribution in [-0.2, 0) is 5.41 Å². The van der Waals surface area contributed by atoms with Crippen molar-refractivity contribution in [3.63, 3.8) is 0 Å². The third-order valence-electron chi connectivity index (χ3n) is 8.06. The van der Waals surface area contributed by atoms with Crippen LogP contribution < -0.4 is 0 Å². The first kappa shape index (κ1) is 29.0. The maximum atomic E-state index is 12.1. The van der Waals surface area contributed by atoms with Crippen molar-refractivity contribution < 1.29 is 19.8 Å². The Bertz CT molecular complexity index is 2110. The summed E-state index contributed by atoms with van der Waals surface area (Å²) in [6, 6.07) is 37.9. The van der Waals surface area contributed by atoms with Gasteiger partial charge in [-0.1, -0.05) is 98.2 Å². The van der Waals surface area contributed by atoms with E-state index in [1.54, 1.807) is 36.4 Å². The van der Waals surface area contributed by atoms with Gasteiger partial charge in [-0.15, -0.1) is 0 Å². The molecule has 0 aliphatic rings. The molecule has 0 aromatic heterocycles. The van der Waals surface area contributed by atoms with Crippen molar-refractivity contribution in [3.8, 4) is 23.7 Å². The third kappa shape index (κ3) is 6.04. The lowest BCUT2D eigenvalue weighted by Crippen LogP contribution is -2.23. The molecule has 0 bridgehead atoms. The molecule has 0 radical (unpaired) electrons. The summed E-state index contributed by atoms with van der Waals surface area (Å²) in [6.07, 6.45) is 0. The van der Waals surface area contributed by atoms with Crippen LogP contribution in [0.4, 0.5) is 0 Å². The smallest absolute Gasteiger partial charge is 0.335 e. The molecule has 4 heteroatoms. The molecule has 0 unspecified atom stereocenters. The van der Waals surface area contributed by atoms with Gasteiger partial charge in [-0.05, 0) is 93.3 Å². The first-order chi connectivity index (χ1) is 21.7. The minimum atomic E-state index is -1.06. The predicted octanol–water partition coefficient (Wildman–Crippen LogP) is 8.51. The molecule has 0 aliphatic heterocycles. The molecule has 6 rings (SSSR count). The number of rotatable bonds is 4. The van der Waals surface area contributed by atoms with E-state index < -0.39 is 17.4 Å². The fourth-order valence-corrected chi connectivity index (χ4v) is 5.57. The molecule has 0 saturated heterocycles. The van der Waals surface area contributed by atoms with E-state index in [0.29, 0.717) is 22.3 Å². The van der Waals surface area contributed by atoms with Crippen LogP contribution in [0, 0.1) is 23.7 Å². The second kappa shape index (κ2) is 11.9. The van der Waals surface area contributed by atoms with E-state index in [1.807, 2.05) is 98.8 Å². The molecule has 6 aromatic rings. The van der Waals surface area contributed by atoms with Gasteiger partial charge in [0, 0.05) is 27.7 Å². The Labute approximate surface area is 261 Å². The molecule has 0 amide bonds. The van der Waals surface area contributed by atoms with E-state index in [2.05, 4.69) is 23.7 Å². The minimum absolute atomic E-state index is 0.118. The van der Waals surface area contributed by atoms with Crippen LogP contribution in [0.3, 0.4) is 0 Å². The molecule has 0 saturated carbocycles. The highest BCUT2D eigenvalue weighted by Gasteiger charge is 2.30. The lowest BCUT2D eigenvalue weighted by atomic mass is 9.73. The number of carbonyl (C=O) groups is 2. The number of benzene rings is 6. The van der Waals surface area contributed by atoms with E-state index >= 15 is 0 Å². The first-order valence-corrected chi connectivity index (χ1v) is 14.5. The van der Waals surface area contributed by atoms with Crippen LogP contribution in [0.15, 0.2) is 121 Å². The fourth-order valence-electron chi connectivity index (χ4n) is 5.57. The first-order valence-electron chi connectivity index (χ1n) is 14.5. The second-order valence-corrected chi connectivity index (χ2v) is 11.4. The van der Waals surface area contributed by atoms with Gasteiger partial charge in [0.15, 0.2) is 0 Å². The summed E-state index contributed by atoms with van der Waals surface area (Å²) in [5, 5.41) is 24.1. The van der Waals surface area contributed by atoms with E-state index in [0.717, 1.165) is 32.7 Å². The second-order valence-electron chi connectivity index (χ2n) is 11.4. The number of hydrogen-bond donors (Lipinski definition) is 2. The van der Waals surface area contributed by atoms with Crippen LogP contribution in [0.2, 0.25) is 0 Å². The third-order valence-corrected chi connectivity index (χ3v) is 8.06. The van der Waals surface area contributed by atoms with Gasteiger partial charge in [0.25, 0.3) is 0 Å². The molecule has 0 fully saturated rings. The van der Waals surface area contributed by atoms with E-state index in [9.17, 15) is 19.8 Å². The topological polar surface area (TPSA) is 74.6 Å². The predicted molar refractivity (Wildman–Crippen MR) is 179 cm³/mol. The number of hydrogen-bond acceptors (Lipinski definition) is 2. The summed E-state index contributed by atoms with van der Waals surface area (Å²) < 4.78 is 0. The van der Waals surface area contributed by atoms with Crippen LogP contribution in [0.25, 0.3) is 21.5 Å². The van der Waals surface area contributed by atoms with Crippen molar-refractivity contribution in [2.24, 2.45) is 0 Å². The summed E-state index contributed by atoms with van der Waals surface area (Å²) >= 11 is 0. The van der Waals surface area contributed by atoms with Crippen molar-refractivity contribution in [3.05, 3.63) is 166 Å². The minimum Gasteiger partial charge on any atom is -0.478 e. The van der Waals surface area contributed by atoms with Gasteiger partial charge in [0.1, 0.15) is 0 Å². The standard InChI is InChI=1S/C41H28O4/c1-41(2,37-25-35(39(42)43)21-19-31(37)17-13-27-11-15-29-7-3-5-9-33(29)23-27)38-26-36(40(44)45)22-20-32(38)18-14-28-12-16-30-8-4-6-10-34(30)24-28/h3-12,15-16,19-26H,1-2H3,(H,42,43)(H,44,45). The van der Waals surface area contributed by atoms with Gasteiger partial charge in [-0.25, -0.2) is 9.59 Å². The number of fused-ring (bicyclic) bond motifs is 2. The molecule has 4 nitrogen and oxygen atoms in total. The van der Waals surface area contributed by atoms with Gasteiger partial charge < -0.3 is 10.2 Å². The Kier molecular flexibility index (Phi) is 7.66. The largest absolute Gasteiger partial charge is 0.478 e. The summed E-state index contributed by atoms with van der Waals surface area (Å²) in [5.41, 5.74) is 3.64. The van der Waals surface area contributed by atoms with Crippen LogP contribution in [0.1, 0.15) is 67.9 Å². The molecule has 6 aromatic carbocycles. The number of carboxylic acid groups (broad SMARTS) is 2. The zero-order valence-electron chi connectivity index (χ0n) is 24.8. The Hall–Kier alpha value is -6.10. The van der Waals surface area contributed by atoms with Gasteiger partial charge in [-0.2, -0.15) is 0 Å². The Balaban J connectivity index is 1.48. The Morgan fingerprint density at radius 1 is 0.489 bits per heavy atom.